The Labute approximate surface area is 137 Å². The molecule has 5 aromatic carbocycles. The number of hydrogen-bond donors (Lipinski definition) is 0. The lowest BCUT2D eigenvalue weighted by atomic mass is 9.90. The topological polar surface area (TPSA) is 23.8 Å². The zero-order valence-corrected chi connectivity index (χ0v) is 13.0. The maximum Gasteiger partial charge on any atom is 0.138 e. The molecule has 0 N–H and O–H groups in total. The number of thiocyanates is 1. The molecule has 0 spiro atoms. The van der Waals surface area contributed by atoms with Crippen LogP contribution in [0.25, 0.3) is 43.1 Å². The summed E-state index contributed by atoms with van der Waals surface area (Å²) in [4.78, 5) is 1.03. The molecular weight excluding hydrogens is 298 g/mol. The highest BCUT2D eigenvalue weighted by molar-refractivity contribution is 8.04. The number of thioether (sulfide) groups is 1. The first kappa shape index (κ1) is 12.8. The van der Waals surface area contributed by atoms with Gasteiger partial charge in [-0.25, -0.2) is 0 Å². The smallest absolute Gasteiger partial charge is 0.138 e. The molecule has 0 unspecified atom stereocenters. The molecule has 0 aliphatic rings. The van der Waals surface area contributed by atoms with Gasteiger partial charge in [-0.05, 0) is 60.9 Å². The summed E-state index contributed by atoms with van der Waals surface area (Å²) in [5.41, 5.74) is 0. The predicted molar refractivity (Wildman–Crippen MR) is 99.1 cm³/mol. The fourth-order valence-corrected chi connectivity index (χ4v) is 4.27. The molecule has 1 nitrogen and oxygen atoms in total. The van der Waals surface area contributed by atoms with Gasteiger partial charge in [-0.15, -0.1) is 0 Å². The minimum atomic E-state index is 1.03. The molecule has 0 heterocycles. The van der Waals surface area contributed by atoms with Crippen LogP contribution in [0.4, 0.5) is 0 Å². The lowest BCUT2D eigenvalue weighted by Crippen LogP contribution is -1.87. The highest BCUT2D eigenvalue weighted by Gasteiger charge is 2.14. The number of benzene rings is 5. The summed E-state index contributed by atoms with van der Waals surface area (Å²) in [6, 6.07) is 23.6. The molecule has 0 aliphatic carbocycles. The first-order valence-electron chi connectivity index (χ1n) is 7.52. The van der Waals surface area contributed by atoms with Gasteiger partial charge in [0.15, 0.2) is 0 Å². The minimum Gasteiger partial charge on any atom is -0.185 e. The third kappa shape index (κ3) is 1.63. The fourth-order valence-electron chi connectivity index (χ4n) is 3.76. The van der Waals surface area contributed by atoms with Gasteiger partial charge in [0.1, 0.15) is 5.40 Å². The Morgan fingerprint density at radius 3 is 1.87 bits per heavy atom. The standard InChI is InChI=1S/C21H11NS/c22-12-23-19-11-10-17-15-7-2-5-13-4-1-6-14(20(13)15)16-8-3-9-18(19)21(16)17/h1-11H. The Bertz CT molecular complexity index is 1200. The quantitative estimate of drug-likeness (QED) is 0.157. The number of fused-ring (bicyclic) bond motifs is 2. The van der Waals surface area contributed by atoms with Gasteiger partial charge in [0.2, 0.25) is 0 Å². The van der Waals surface area contributed by atoms with Crippen molar-refractivity contribution in [2.45, 2.75) is 4.90 Å². The van der Waals surface area contributed by atoms with Crippen molar-refractivity contribution in [3.05, 3.63) is 66.7 Å². The molecule has 23 heavy (non-hydrogen) atoms. The van der Waals surface area contributed by atoms with Crippen molar-refractivity contribution in [2.24, 2.45) is 0 Å². The van der Waals surface area contributed by atoms with E-state index in [9.17, 15) is 0 Å². The van der Waals surface area contributed by atoms with E-state index in [1.54, 1.807) is 0 Å². The molecule has 0 bridgehead atoms. The molecule has 2 heteroatoms. The molecule has 0 atom stereocenters. The van der Waals surface area contributed by atoms with Crippen LogP contribution in [0.15, 0.2) is 71.6 Å². The van der Waals surface area contributed by atoms with E-state index in [1.807, 2.05) is 0 Å². The van der Waals surface area contributed by atoms with Crippen LogP contribution in [0.1, 0.15) is 0 Å². The van der Waals surface area contributed by atoms with E-state index < -0.39 is 0 Å². The number of nitrogens with zero attached hydrogens (tertiary/aromatic N) is 1. The Kier molecular flexibility index (Phi) is 2.56. The van der Waals surface area contributed by atoms with Gasteiger partial charge < -0.3 is 0 Å². The molecule has 5 aromatic rings. The van der Waals surface area contributed by atoms with Gasteiger partial charge in [0.05, 0.1) is 0 Å². The second-order valence-corrected chi connectivity index (χ2v) is 6.57. The number of rotatable bonds is 1. The molecule has 0 aromatic heterocycles. The second-order valence-electron chi connectivity index (χ2n) is 5.74. The molecule has 0 saturated carbocycles. The zero-order chi connectivity index (χ0) is 15.4. The van der Waals surface area contributed by atoms with Gasteiger partial charge in [-0.2, -0.15) is 5.26 Å². The molecule has 0 amide bonds. The predicted octanol–water partition coefficient (Wildman–Crippen LogP) is 6.31. The average molecular weight is 309 g/mol. The molecule has 0 radical (unpaired) electrons. The van der Waals surface area contributed by atoms with E-state index in [0.717, 1.165) is 10.3 Å². The minimum absolute atomic E-state index is 1.03. The van der Waals surface area contributed by atoms with E-state index in [0.29, 0.717) is 0 Å². The van der Waals surface area contributed by atoms with E-state index >= 15 is 0 Å². The van der Waals surface area contributed by atoms with E-state index in [4.69, 9.17) is 5.26 Å². The molecule has 0 saturated heterocycles. The van der Waals surface area contributed by atoms with Gasteiger partial charge in [-0.3, -0.25) is 0 Å². The van der Waals surface area contributed by atoms with Gasteiger partial charge in [0, 0.05) is 4.90 Å². The maximum atomic E-state index is 9.08. The summed E-state index contributed by atoms with van der Waals surface area (Å²) in [5.74, 6) is 0. The molecule has 106 valence electrons. The third-order valence-corrected chi connectivity index (χ3v) is 5.31. The van der Waals surface area contributed by atoms with Gasteiger partial charge in [-0.1, -0.05) is 60.7 Å². The van der Waals surface area contributed by atoms with Crippen molar-refractivity contribution in [3.63, 3.8) is 0 Å². The van der Waals surface area contributed by atoms with Crippen molar-refractivity contribution in [1.29, 1.82) is 5.26 Å². The van der Waals surface area contributed by atoms with Crippen LogP contribution in [0.3, 0.4) is 0 Å². The van der Waals surface area contributed by atoms with Crippen molar-refractivity contribution < 1.29 is 0 Å². The Morgan fingerprint density at radius 2 is 1.17 bits per heavy atom. The van der Waals surface area contributed by atoms with Crippen molar-refractivity contribution in [1.82, 2.24) is 0 Å². The second kappa shape index (κ2) is 4.62. The van der Waals surface area contributed by atoms with Crippen LogP contribution >= 0.6 is 11.8 Å². The number of nitriles is 1. The van der Waals surface area contributed by atoms with Crippen molar-refractivity contribution in [3.8, 4) is 5.40 Å². The summed E-state index contributed by atoms with van der Waals surface area (Å²) < 4.78 is 0. The van der Waals surface area contributed by atoms with E-state index in [-0.39, 0.29) is 0 Å². The molecule has 0 fully saturated rings. The highest BCUT2D eigenvalue weighted by Crippen LogP contribution is 2.42. The SMILES string of the molecule is N#CSc1ccc2c3cccc4cccc(c5cccc1c52)c43. The lowest BCUT2D eigenvalue weighted by molar-refractivity contribution is 1.55. The summed E-state index contributed by atoms with van der Waals surface area (Å²) in [6.45, 7) is 0. The highest BCUT2D eigenvalue weighted by atomic mass is 32.2. The Hall–Kier alpha value is -2.76. The first-order valence-corrected chi connectivity index (χ1v) is 8.34. The Balaban J connectivity index is 2.17. The maximum absolute atomic E-state index is 9.08. The van der Waals surface area contributed by atoms with Crippen molar-refractivity contribution >= 4 is 54.9 Å². The van der Waals surface area contributed by atoms with Crippen LogP contribution < -0.4 is 0 Å². The van der Waals surface area contributed by atoms with E-state index in [1.165, 1.54) is 49.5 Å². The number of hydrogen-bond acceptors (Lipinski definition) is 2. The van der Waals surface area contributed by atoms with E-state index in [2.05, 4.69) is 72.1 Å². The fraction of sp³-hybridized carbons (Fsp3) is 0. The van der Waals surface area contributed by atoms with Crippen LogP contribution in [0, 0.1) is 10.7 Å². The van der Waals surface area contributed by atoms with Crippen LogP contribution in [0.2, 0.25) is 0 Å². The summed E-state index contributed by atoms with van der Waals surface area (Å²) in [6.07, 6.45) is 0. The zero-order valence-electron chi connectivity index (χ0n) is 12.2. The largest absolute Gasteiger partial charge is 0.185 e. The third-order valence-electron chi connectivity index (χ3n) is 4.64. The first-order chi connectivity index (χ1) is 11.4. The molecular formula is C21H11NS. The van der Waals surface area contributed by atoms with Gasteiger partial charge in [0.25, 0.3) is 0 Å². The van der Waals surface area contributed by atoms with Crippen LogP contribution in [-0.4, -0.2) is 0 Å². The average Bonchev–Trinajstić information content (AvgIpc) is 2.60. The Morgan fingerprint density at radius 1 is 0.609 bits per heavy atom. The van der Waals surface area contributed by atoms with Crippen LogP contribution in [0.5, 0.6) is 0 Å². The molecule has 0 aliphatic heterocycles. The monoisotopic (exact) mass is 309 g/mol. The summed E-state index contributed by atoms with van der Waals surface area (Å²) in [5, 5.41) is 21.4. The summed E-state index contributed by atoms with van der Waals surface area (Å²) in [7, 11) is 0. The normalized spacial score (nSPS) is 11.6. The van der Waals surface area contributed by atoms with Crippen LogP contribution in [-0.2, 0) is 0 Å². The van der Waals surface area contributed by atoms with Crippen molar-refractivity contribution in [2.75, 3.05) is 0 Å². The summed E-state index contributed by atoms with van der Waals surface area (Å²) >= 11 is 1.24. The molecule has 5 rings (SSSR count). The lowest BCUT2D eigenvalue weighted by Gasteiger charge is -2.15. The van der Waals surface area contributed by atoms with Gasteiger partial charge >= 0.3 is 0 Å².